The molecule has 4 nitrogen and oxygen atoms in total. The molecule has 1 N–H and O–H groups in total. The first kappa shape index (κ1) is 9.98. The molecule has 1 unspecified atom stereocenters. The summed E-state index contributed by atoms with van der Waals surface area (Å²) in [5, 5.41) is 4.05. The molecule has 1 aliphatic rings. The van der Waals surface area contributed by atoms with Crippen molar-refractivity contribution < 1.29 is 9.63 Å². The fraction of sp³-hybridized carbons (Fsp3) is 0.364. The molecule has 1 saturated heterocycles. The third-order valence-corrected chi connectivity index (χ3v) is 2.45. The summed E-state index contributed by atoms with van der Waals surface area (Å²) in [6.07, 6.45) is 0. The minimum absolute atomic E-state index is 0.191. The Hall–Kier alpha value is -1.55. The van der Waals surface area contributed by atoms with Crippen LogP contribution in [0, 0.1) is 0 Å². The molecule has 0 aromatic heterocycles. The van der Waals surface area contributed by atoms with E-state index < -0.39 is 5.72 Å². The Labute approximate surface area is 88.8 Å². The van der Waals surface area contributed by atoms with E-state index in [2.05, 4.69) is 5.32 Å². The largest absolute Gasteiger partial charge is 0.344 e. The normalized spacial score (nSPS) is 23.7. The molecule has 2 rings (SSSR count). The van der Waals surface area contributed by atoms with Crippen LogP contribution in [0.15, 0.2) is 30.3 Å². The maximum absolute atomic E-state index is 11.5. The van der Waals surface area contributed by atoms with Crippen molar-refractivity contribution in [3.63, 3.8) is 0 Å². The molecule has 0 bridgehead atoms. The van der Waals surface area contributed by atoms with Crippen molar-refractivity contribution in [3.8, 4) is 0 Å². The van der Waals surface area contributed by atoms with Gasteiger partial charge in [-0.05, 0) is 13.8 Å². The van der Waals surface area contributed by atoms with E-state index in [9.17, 15) is 4.79 Å². The Morgan fingerprint density at radius 3 is 2.73 bits per heavy atom. The molecule has 0 aliphatic carbocycles. The van der Waals surface area contributed by atoms with Crippen LogP contribution >= 0.6 is 0 Å². The third kappa shape index (κ3) is 1.68. The van der Waals surface area contributed by atoms with Gasteiger partial charge in [-0.2, -0.15) is 5.06 Å². The van der Waals surface area contributed by atoms with Gasteiger partial charge in [0.1, 0.15) is 0 Å². The Morgan fingerprint density at radius 1 is 1.47 bits per heavy atom. The molecule has 0 radical (unpaired) electrons. The van der Waals surface area contributed by atoms with Crippen molar-refractivity contribution in [3.05, 3.63) is 35.9 Å². The number of carbonyl (C=O) groups is 1. The smallest absolute Gasteiger partial charge is 0.336 e. The number of hydrogen-bond acceptors (Lipinski definition) is 2. The monoisotopic (exact) mass is 206 g/mol. The summed E-state index contributed by atoms with van der Waals surface area (Å²) in [5.74, 6) is 0. The summed E-state index contributed by atoms with van der Waals surface area (Å²) < 4.78 is 0. The molecule has 1 heterocycles. The number of amides is 2. The molecule has 4 heteroatoms. The Bertz CT molecular complexity index is 366. The van der Waals surface area contributed by atoms with Crippen LogP contribution in [0.1, 0.15) is 19.4 Å². The van der Waals surface area contributed by atoms with Gasteiger partial charge in [0.25, 0.3) is 0 Å². The predicted molar refractivity (Wildman–Crippen MR) is 55.8 cm³/mol. The van der Waals surface area contributed by atoms with Crippen molar-refractivity contribution in [2.75, 3.05) is 6.54 Å². The van der Waals surface area contributed by atoms with Crippen molar-refractivity contribution in [2.24, 2.45) is 0 Å². The number of nitrogens with zero attached hydrogens (tertiary/aromatic N) is 1. The summed E-state index contributed by atoms with van der Waals surface area (Å²) in [6.45, 7) is 4.35. The first-order valence-electron chi connectivity index (χ1n) is 5.01. The van der Waals surface area contributed by atoms with Crippen molar-refractivity contribution in [2.45, 2.75) is 19.6 Å². The van der Waals surface area contributed by atoms with Gasteiger partial charge in [0.2, 0.25) is 5.72 Å². The summed E-state index contributed by atoms with van der Waals surface area (Å²) in [4.78, 5) is 16.8. The molecule has 2 amide bonds. The zero-order valence-electron chi connectivity index (χ0n) is 8.86. The van der Waals surface area contributed by atoms with Gasteiger partial charge in [-0.3, -0.25) is 0 Å². The molecule has 0 saturated carbocycles. The van der Waals surface area contributed by atoms with Gasteiger partial charge in [0, 0.05) is 12.1 Å². The van der Waals surface area contributed by atoms with Gasteiger partial charge in [-0.25, -0.2) is 9.63 Å². The highest BCUT2D eigenvalue weighted by Gasteiger charge is 2.55. The van der Waals surface area contributed by atoms with Crippen LogP contribution in [-0.4, -0.2) is 17.6 Å². The molecule has 0 spiro atoms. The van der Waals surface area contributed by atoms with Crippen LogP contribution in [0.3, 0.4) is 0 Å². The molecule has 1 aliphatic heterocycles. The molecule has 1 aromatic carbocycles. The maximum Gasteiger partial charge on any atom is 0.344 e. The lowest BCUT2D eigenvalue weighted by Crippen LogP contribution is -2.31. The summed E-state index contributed by atoms with van der Waals surface area (Å²) >= 11 is 0. The Kier molecular flexibility index (Phi) is 2.36. The molecule has 1 fully saturated rings. The number of hydroxylamine groups is 2. The number of benzene rings is 1. The van der Waals surface area contributed by atoms with Crippen LogP contribution in [-0.2, 0) is 10.6 Å². The van der Waals surface area contributed by atoms with E-state index in [1.54, 1.807) is 0 Å². The predicted octanol–water partition coefficient (Wildman–Crippen LogP) is 1.84. The number of carbonyl (C=O) groups excluding carboxylic acids is 1. The molecule has 80 valence electrons. The van der Waals surface area contributed by atoms with Crippen LogP contribution in [0.2, 0.25) is 0 Å². The third-order valence-electron chi connectivity index (χ3n) is 2.45. The van der Waals surface area contributed by atoms with E-state index in [1.807, 2.05) is 44.2 Å². The van der Waals surface area contributed by atoms with Crippen molar-refractivity contribution >= 4 is 6.03 Å². The maximum atomic E-state index is 11.5. The van der Waals surface area contributed by atoms with E-state index in [-0.39, 0.29) is 6.03 Å². The lowest BCUT2D eigenvalue weighted by Gasteiger charge is -2.06. The number of hydrogen-bond donors (Lipinski definition) is 1. The number of nitrogens with one attached hydrogen (secondary N) is 1. The lowest BCUT2D eigenvalue weighted by atomic mass is 10.1. The summed E-state index contributed by atoms with van der Waals surface area (Å²) in [7, 11) is 0. The fourth-order valence-electron chi connectivity index (χ4n) is 1.53. The average molecular weight is 206 g/mol. The van der Waals surface area contributed by atoms with E-state index in [4.69, 9.17) is 4.84 Å². The number of urea groups is 1. The second kappa shape index (κ2) is 3.55. The summed E-state index contributed by atoms with van der Waals surface area (Å²) in [5.41, 5.74) is 0.386. The SMILES string of the molecule is CCNC(=O)N1OC1(C)c1ccccc1. The van der Waals surface area contributed by atoms with Crippen molar-refractivity contribution in [1.29, 1.82) is 0 Å². The molecule has 1 atom stereocenters. The lowest BCUT2D eigenvalue weighted by molar-refractivity contribution is 0.176. The summed E-state index contributed by atoms with van der Waals surface area (Å²) in [6, 6.07) is 9.49. The second-order valence-corrected chi connectivity index (χ2v) is 3.57. The minimum atomic E-state index is -0.597. The van der Waals surface area contributed by atoms with Crippen molar-refractivity contribution in [1.82, 2.24) is 10.4 Å². The first-order chi connectivity index (χ1) is 7.18. The van der Waals surface area contributed by atoms with Gasteiger partial charge < -0.3 is 5.32 Å². The fourth-order valence-corrected chi connectivity index (χ4v) is 1.53. The first-order valence-corrected chi connectivity index (χ1v) is 5.01. The van der Waals surface area contributed by atoms with Crippen LogP contribution in [0.4, 0.5) is 4.79 Å². The van der Waals surface area contributed by atoms with Crippen LogP contribution in [0.25, 0.3) is 0 Å². The minimum Gasteiger partial charge on any atom is -0.336 e. The van der Waals surface area contributed by atoms with E-state index in [0.717, 1.165) is 5.56 Å². The van der Waals surface area contributed by atoms with E-state index >= 15 is 0 Å². The van der Waals surface area contributed by atoms with Gasteiger partial charge >= 0.3 is 6.03 Å². The van der Waals surface area contributed by atoms with Gasteiger partial charge in [0.15, 0.2) is 0 Å². The quantitative estimate of drug-likeness (QED) is 0.750. The van der Waals surface area contributed by atoms with E-state index in [1.165, 1.54) is 5.06 Å². The highest BCUT2D eigenvalue weighted by Crippen LogP contribution is 2.43. The van der Waals surface area contributed by atoms with Crippen LogP contribution in [0.5, 0.6) is 0 Å². The topological polar surface area (TPSA) is 44.6 Å². The zero-order chi connectivity index (χ0) is 10.9. The molecular formula is C11H14N2O2. The Balaban J connectivity index is 2.10. The van der Waals surface area contributed by atoms with Gasteiger partial charge in [-0.15, -0.1) is 0 Å². The number of rotatable bonds is 2. The Morgan fingerprint density at radius 2 is 2.13 bits per heavy atom. The van der Waals surface area contributed by atoms with E-state index in [0.29, 0.717) is 6.54 Å². The molecule has 1 aromatic rings. The average Bonchev–Trinajstić information content (AvgIpc) is 2.94. The highest BCUT2D eigenvalue weighted by molar-refractivity contribution is 5.75. The standard InChI is InChI=1S/C11H14N2O2/c1-3-12-10(14)13-11(2,15-13)9-7-5-4-6-8-9/h4-8H,3H2,1-2H3,(H,12,14). The zero-order valence-corrected chi connectivity index (χ0v) is 8.86. The second-order valence-electron chi connectivity index (χ2n) is 3.57. The highest BCUT2D eigenvalue weighted by atomic mass is 16.9. The molecule has 15 heavy (non-hydrogen) atoms. The van der Waals surface area contributed by atoms with Crippen LogP contribution < -0.4 is 5.32 Å². The van der Waals surface area contributed by atoms with Gasteiger partial charge in [0.05, 0.1) is 0 Å². The molecular weight excluding hydrogens is 192 g/mol. The van der Waals surface area contributed by atoms with Gasteiger partial charge in [-0.1, -0.05) is 30.3 Å².